The Hall–Kier alpha value is -2.07. The van der Waals surface area contributed by atoms with Gasteiger partial charge in [-0.3, -0.25) is 0 Å². The molecule has 1 N–H and O–H groups in total. The van der Waals surface area contributed by atoms with E-state index in [0.29, 0.717) is 12.3 Å². The van der Waals surface area contributed by atoms with Crippen molar-refractivity contribution in [2.75, 3.05) is 7.11 Å². The number of fused-ring (bicyclic) bond motifs is 1. The van der Waals surface area contributed by atoms with Gasteiger partial charge in [-0.15, -0.1) is 0 Å². The molecule has 0 fully saturated rings. The maximum atomic E-state index is 10.2. The van der Waals surface area contributed by atoms with Gasteiger partial charge in [-0.05, 0) is 17.7 Å². The van der Waals surface area contributed by atoms with Gasteiger partial charge in [0.15, 0.2) is 6.10 Å². The molecule has 0 aliphatic carbocycles. The molecule has 0 radical (unpaired) electrons. The van der Waals surface area contributed by atoms with Crippen LogP contribution in [-0.2, 0) is 6.42 Å². The lowest BCUT2D eigenvalue weighted by Crippen LogP contribution is -2.30. The van der Waals surface area contributed by atoms with Crippen LogP contribution in [0.4, 0.5) is 0 Å². The van der Waals surface area contributed by atoms with E-state index in [1.54, 1.807) is 19.4 Å². The molecule has 3 rings (SSSR count). The quantitative estimate of drug-likeness (QED) is 0.895. The zero-order valence-corrected chi connectivity index (χ0v) is 10.6. The van der Waals surface area contributed by atoms with Crippen LogP contribution in [0.15, 0.2) is 42.6 Å². The minimum atomic E-state index is -0.565. The van der Waals surface area contributed by atoms with Crippen molar-refractivity contribution in [1.29, 1.82) is 0 Å². The highest BCUT2D eigenvalue weighted by Crippen LogP contribution is 2.34. The second kappa shape index (κ2) is 4.90. The van der Waals surface area contributed by atoms with E-state index >= 15 is 0 Å². The van der Waals surface area contributed by atoms with Gasteiger partial charge in [-0.2, -0.15) is 0 Å². The van der Waals surface area contributed by atoms with Gasteiger partial charge in [0.2, 0.25) is 5.88 Å². The van der Waals surface area contributed by atoms with Crippen molar-refractivity contribution in [3.8, 4) is 11.6 Å². The fraction of sp³-hybridized carbons (Fsp3) is 0.267. The molecule has 4 heteroatoms. The summed E-state index contributed by atoms with van der Waals surface area (Å²) in [6.45, 7) is 0. The van der Waals surface area contributed by atoms with Crippen LogP contribution in [0.5, 0.6) is 11.6 Å². The molecule has 0 saturated heterocycles. The summed E-state index contributed by atoms with van der Waals surface area (Å²) in [5.74, 6) is 1.38. The molecule has 1 aliphatic rings. The SMILES string of the molecule is COc1ccc([C@@H]2Oc3ccccc3C[C@@H]2O)cn1. The van der Waals surface area contributed by atoms with E-state index in [1.165, 1.54) is 0 Å². The lowest BCUT2D eigenvalue weighted by atomic mass is 9.96. The van der Waals surface area contributed by atoms with Gasteiger partial charge in [-0.1, -0.05) is 18.2 Å². The number of aliphatic hydroxyl groups is 1. The van der Waals surface area contributed by atoms with Gasteiger partial charge < -0.3 is 14.6 Å². The summed E-state index contributed by atoms with van der Waals surface area (Å²) in [5, 5.41) is 10.2. The molecule has 98 valence electrons. The molecular weight excluding hydrogens is 242 g/mol. The number of hydrogen-bond donors (Lipinski definition) is 1. The average molecular weight is 257 g/mol. The minimum absolute atomic E-state index is 0.381. The maximum absolute atomic E-state index is 10.2. The molecule has 0 amide bonds. The summed E-state index contributed by atoms with van der Waals surface area (Å²) in [6.07, 6.45) is 1.33. The van der Waals surface area contributed by atoms with Gasteiger partial charge in [0.1, 0.15) is 5.75 Å². The Bertz CT molecular complexity index is 568. The van der Waals surface area contributed by atoms with Crippen molar-refractivity contribution in [2.24, 2.45) is 0 Å². The van der Waals surface area contributed by atoms with Crippen LogP contribution in [0.1, 0.15) is 17.2 Å². The lowest BCUT2D eigenvalue weighted by molar-refractivity contribution is 0.0206. The zero-order valence-electron chi connectivity index (χ0n) is 10.6. The molecule has 0 unspecified atom stereocenters. The van der Waals surface area contributed by atoms with Gasteiger partial charge in [-0.25, -0.2) is 4.98 Å². The van der Waals surface area contributed by atoms with Crippen molar-refractivity contribution in [2.45, 2.75) is 18.6 Å². The van der Waals surface area contributed by atoms with E-state index < -0.39 is 6.10 Å². The molecule has 2 atom stereocenters. The fourth-order valence-electron chi connectivity index (χ4n) is 2.31. The van der Waals surface area contributed by atoms with Crippen molar-refractivity contribution in [3.05, 3.63) is 53.7 Å². The normalized spacial score (nSPS) is 21.4. The molecule has 2 heterocycles. The van der Waals surface area contributed by atoms with E-state index in [4.69, 9.17) is 9.47 Å². The average Bonchev–Trinajstić information content (AvgIpc) is 2.47. The minimum Gasteiger partial charge on any atom is -0.483 e. The first-order chi connectivity index (χ1) is 9.28. The third-order valence-electron chi connectivity index (χ3n) is 3.30. The van der Waals surface area contributed by atoms with Crippen LogP contribution in [0.25, 0.3) is 0 Å². The third kappa shape index (κ3) is 2.27. The van der Waals surface area contributed by atoms with E-state index in [9.17, 15) is 5.11 Å². The van der Waals surface area contributed by atoms with E-state index in [0.717, 1.165) is 16.9 Å². The zero-order chi connectivity index (χ0) is 13.2. The molecule has 0 spiro atoms. The Labute approximate surface area is 111 Å². The summed E-state index contributed by atoms with van der Waals surface area (Å²) >= 11 is 0. The summed E-state index contributed by atoms with van der Waals surface area (Å²) < 4.78 is 10.9. The Morgan fingerprint density at radius 2 is 2.11 bits per heavy atom. The lowest BCUT2D eigenvalue weighted by Gasteiger charge is -2.30. The summed E-state index contributed by atoms with van der Waals surface area (Å²) in [7, 11) is 1.57. The monoisotopic (exact) mass is 257 g/mol. The number of aromatic nitrogens is 1. The number of rotatable bonds is 2. The molecule has 0 saturated carbocycles. The number of methoxy groups -OCH3 is 1. The first kappa shape index (κ1) is 12.0. The largest absolute Gasteiger partial charge is 0.483 e. The maximum Gasteiger partial charge on any atom is 0.212 e. The molecule has 0 bridgehead atoms. The first-order valence-corrected chi connectivity index (χ1v) is 6.20. The van der Waals surface area contributed by atoms with Gasteiger partial charge in [0.25, 0.3) is 0 Å². The van der Waals surface area contributed by atoms with Crippen molar-refractivity contribution in [1.82, 2.24) is 4.98 Å². The Morgan fingerprint density at radius 3 is 2.84 bits per heavy atom. The smallest absolute Gasteiger partial charge is 0.212 e. The molecular formula is C15H15NO3. The van der Waals surface area contributed by atoms with Crippen LogP contribution in [0, 0.1) is 0 Å². The van der Waals surface area contributed by atoms with Crippen molar-refractivity contribution in [3.63, 3.8) is 0 Å². The predicted molar refractivity (Wildman–Crippen MR) is 70.3 cm³/mol. The van der Waals surface area contributed by atoms with Gasteiger partial charge in [0.05, 0.1) is 13.2 Å². The second-order valence-corrected chi connectivity index (χ2v) is 4.55. The molecule has 19 heavy (non-hydrogen) atoms. The summed E-state index contributed by atoms with van der Waals surface area (Å²) in [6, 6.07) is 11.4. The van der Waals surface area contributed by atoms with E-state index in [1.807, 2.05) is 30.3 Å². The Morgan fingerprint density at radius 1 is 1.26 bits per heavy atom. The van der Waals surface area contributed by atoms with E-state index in [-0.39, 0.29) is 6.10 Å². The van der Waals surface area contributed by atoms with E-state index in [2.05, 4.69) is 4.98 Å². The molecule has 2 aromatic rings. The van der Waals surface area contributed by atoms with Crippen LogP contribution in [0.3, 0.4) is 0 Å². The molecule has 1 aromatic carbocycles. The highest BCUT2D eigenvalue weighted by Gasteiger charge is 2.29. The topological polar surface area (TPSA) is 51.6 Å². The first-order valence-electron chi connectivity index (χ1n) is 6.20. The predicted octanol–water partition coefficient (Wildman–Crippen LogP) is 2.13. The van der Waals surface area contributed by atoms with Crippen molar-refractivity contribution < 1.29 is 14.6 Å². The summed E-state index contributed by atoms with van der Waals surface area (Å²) in [4.78, 5) is 4.15. The number of benzene rings is 1. The van der Waals surface area contributed by atoms with Crippen LogP contribution >= 0.6 is 0 Å². The van der Waals surface area contributed by atoms with Gasteiger partial charge >= 0.3 is 0 Å². The van der Waals surface area contributed by atoms with Crippen LogP contribution < -0.4 is 9.47 Å². The Balaban J connectivity index is 1.89. The highest BCUT2D eigenvalue weighted by molar-refractivity contribution is 5.37. The number of ether oxygens (including phenoxy) is 2. The number of para-hydroxylation sites is 1. The summed E-state index contributed by atoms with van der Waals surface area (Å²) in [5.41, 5.74) is 1.88. The molecule has 4 nitrogen and oxygen atoms in total. The number of nitrogens with zero attached hydrogens (tertiary/aromatic N) is 1. The number of aliphatic hydroxyl groups excluding tert-OH is 1. The number of pyridine rings is 1. The van der Waals surface area contributed by atoms with Crippen molar-refractivity contribution >= 4 is 0 Å². The highest BCUT2D eigenvalue weighted by atomic mass is 16.5. The standard InChI is InChI=1S/C15H15NO3/c1-18-14-7-6-11(9-16-14)15-12(17)8-10-4-2-3-5-13(10)19-15/h2-7,9,12,15,17H,8H2,1H3/t12-,15-/m0/s1. The third-order valence-corrected chi connectivity index (χ3v) is 3.30. The fourth-order valence-corrected chi connectivity index (χ4v) is 2.31. The Kier molecular flexibility index (Phi) is 3.09. The van der Waals surface area contributed by atoms with Crippen LogP contribution in [-0.4, -0.2) is 23.3 Å². The second-order valence-electron chi connectivity index (χ2n) is 4.55. The van der Waals surface area contributed by atoms with Crippen LogP contribution in [0.2, 0.25) is 0 Å². The van der Waals surface area contributed by atoms with Gasteiger partial charge in [0, 0.05) is 24.2 Å². The molecule has 1 aliphatic heterocycles. The molecule has 1 aromatic heterocycles. The number of hydrogen-bond acceptors (Lipinski definition) is 4.